The zero-order valence-corrected chi connectivity index (χ0v) is 27.8. The minimum Gasteiger partial charge on any atom is -0.378 e. The Kier molecular flexibility index (Phi) is 11.6. The summed E-state index contributed by atoms with van der Waals surface area (Å²) in [6, 6.07) is 27.8. The molecule has 0 unspecified atom stereocenters. The molecule has 0 saturated heterocycles. The molecule has 8 nitrogen and oxygen atoms in total. The van der Waals surface area contributed by atoms with Crippen LogP contribution in [0.2, 0.25) is 0 Å². The highest BCUT2D eigenvalue weighted by atomic mass is 16.2. The molecule has 8 heteroatoms. The smallest absolute Gasteiger partial charge is 0.255 e. The van der Waals surface area contributed by atoms with Gasteiger partial charge in [-0.2, -0.15) is 0 Å². The Balaban J connectivity index is 1.65. The van der Waals surface area contributed by atoms with Gasteiger partial charge in [0, 0.05) is 91.8 Å². The SMILES string of the molecule is CCN(CC)c1cccc(CC(=O)c2cc(NC(=O)c3cccc(N(C)C)c3)cc(NC(=O)c3cccc(N(CC)CC)c3)c2)c1. The molecule has 0 spiro atoms. The summed E-state index contributed by atoms with van der Waals surface area (Å²) in [5.41, 5.74) is 6.01. The van der Waals surface area contributed by atoms with E-state index in [-0.39, 0.29) is 24.0 Å². The molecule has 0 bridgehead atoms. The fourth-order valence-corrected chi connectivity index (χ4v) is 5.44. The van der Waals surface area contributed by atoms with Crippen LogP contribution in [0, 0.1) is 0 Å². The molecule has 46 heavy (non-hydrogen) atoms. The van der Waals surface area contributed by atoms with E-state index >= 15 is 0 Å². The van der Waals surface area contributed by atoms with Gasteiger partial charge >= 0.3 is 0 Å². The zero-order chi connectivity index (χ0) is 33.2. The van der Waals surface area contributed by atoms with Crippen molar-refractivity contribution in [1.82, 2.24) is 0 Å². The maximum atomic E-state index is 13.7. The molecule has 0 radical (unpaired) electrons. The van der Waals surface area contributed by atoms with Gasteiger partial charge in [0.05, 0.1) is 0 Å². The van der Waals surface area contributed by atoms with Crippen LogP contribution in [0.15, 0.2) is 91.0 Å². The van der Waals surface area contributed by atoms with Gasteiger partial charge in [0.1, 0.15) is 0 Å². The molecule has 240 valence electrons. The van der Waals surface area contributed by atoms with E-state index in [4.69, 9.17) is 0 Å². The Morgan fingerprint density at radius 2 is 1.00 bits per heavy atom. The highest BCUT2D eigenvalue weighted by Gasteiger charge is 2.16. The Labute approximate surface area is 273 Å². The summed E-state index contributed by atoms with van der Waals surface area (Å²) in [6.45, 7) is 11.7. The number of hydrogen-bond donors (Lipinski definition) is 2. The normalized spacial score (nSPS) is 10.7. The summed E-state index contributed by atoms with van der Waals surface area (Å²) in [5.74, 6) is -0.743. The fraction of sp³-hybridized carbons (Fsp3) is 0.289. The van der Waals surface area contributed by atoms with Crippen molar-refractivity contribution in [3.63, 3.8) is 0 Å². The summed E-state index contributed by atoms with van der Waals surface area (Å²) < 4.78 is 0. The van der Waals surface area contributed by atoms with Crippen molar-refractivity contribution in [2.75, 3.05) is 65.6 Å². The summed E-state index contributed by atoms with van der Waals surface area (Å²) in [7, 11) is 3.83. The first-order chi connectivity index (χ1) is 22.1. The van der Waals surface area contributed by atoms with E-state index in [2.05, 4.69) is 48.1 Å². The molecular formula is C38H45N5O3. The number of carbonyl (C=O) groups is 3. The van der Waals surface area contributed by atoms with E-state index in [1.807, 2.05) is 73.6 Å². The van der Waals surface area contributed by atoms with Crippen molar-refractivity contribution in [3.8, 4) is 0 Å². The first kappa shape index (κ1) is 33.8. The zero-order valence-electron chi connectivity index (χ0n) is 27.8. The number of carbonyl (C=O) groups excluding carboxylic acids is 3. The van der Waals surface area contributed by atoms with Crippen molar-refractivity contribution in [2.45, 2.75) is 34.1 Å². The van der Waals surface area contributed by atoms with Crippen LogP contribution < -0.4 is 25.3 Å². The van der Waals surface area contributed by atoms with Crippen LogP contribution in [0.5, 0.6) is 0 Å². The monoisotopic (exact) mass is 619 g/mol. The number of ketones is 1. The van der Waals surface area contributed by atoms with E-state index in [0.717, 1.165) is 48.8 Å². The summed E-state index contributed by atoms with van der Waals surface area (Å²) >= 11 is 0. The number of rotatable bonds is 14. The molecule has 4 rings (SSSR count). The van der Waals surface area contributed by atoms with Crippen molar-refractivity contribution < 1.29 is 14.4 Å². The van der Waals surface area contributed by atoms with Crippen LogP contribution in [0.1, 0.15) is 64.3 Å². The number of anilines is 5. The molecule has 0 aliphatic rings. The van der Waals surface area contributed by atoms with Gasteiger partial charge in [0.15, 0.2) is 5.78 Å². The Morgan fingerprint density at radius 1 is 0.543 bits per heavy atom. The van der Waals surface area contributed by atoms with E-state index in [1.54, 1.807) is 36.4 Å². The molecule has 0 fully saturated rings. The van der Waals surface area contributed by atoms with E-state index in [9.17, 15) is 14.4 Å². The molecule has 2 amide bonds. The molecule has 0 aromatic heterocycles. The van der Waals surface area contributed by atoms with Crippen LogP contribution in [0.4, 0.5) is 28.4 Å². The van der Waals surface area contributed by atoms with Crippen LogP contribution in [-0.4, -0.2) is 57.9 Å². The van der Waals surface area contributed by atoms with Gasteiger partial charge in [-0.25, -0.2) is 0 Å². The third-order valence-corrected chi connectivity index (χ3v) is 8.04. The lowest BCUT2D eigenvalue weighted by Gasteiger charge is -2.21. The minimum absolute atomic E-state index is 0.124. The highest BCUT2D eigenvalue weighted by Crippen LogP contribution is 2.25. The van der Waals surface area contributed by atoms with Crippen LogP contribution in [0.3, 0.4) is 0 Å². The lowest BCUT2D eigenvalue weighted by molar-refractivity contribution is 0.0988. The second kappa shape index (κ2) is 15.8. The number of Topliss-reactive ketones (excluding diaryl/α,β-unsaturated/α-hetero) is 1. The predicted molar refractivity (Wildman–Crippen MR) is 191 cm³/mol. The third-order valence-electron chi connectivity index (χ3n) is 8.04. The first-order valence-corrected chi connectivity index (χ1v) is 15.9. The summed E-state index contributed by atoms with van der Waals surface area (Å²) in [5, 5.41) is 5.90. The Hall–Kier alpha value is -5.11. The number of hydrogen-bond acceptors (Lipinski definition) is 6. The molecular weight excluding hydrogens is 574 g/mol. The predicted octanol–water partition coefficient (Wildman–Crippen LogP) is 7.38. The molecule has 0 atom stereocenters. The first-order valence-electron chi connectivity index (χ1n) is 15.9. The van der Waals surface area contributed by atoms with Crippen LogP contribution in [0.25, 0.3) is 0 Å². The third kappa shape index (κ3) is 8.53. The molecule has 0 heterocycles. The summed E-state index contributed by atoms with van der Waals surface area (Å²) in [4.78, 5) is 46.8. The molecule has 4 aromatic rings. The summed E-state index contributed by atoms with van der Waals surface area (Å²) in [6.07, 6.45) is 0.177. The Bertz CT molecular complexity index is 1670. The van der Waals surface area contributed by atoms with E-state index in [0.29, 0.717) is 28.1 Å². The van der Waals surface area contributed by atoms with Gasteiger partial charge in [-0.3, -0.25) is 14.4 Å². The maximum Gasteiger partial charge on any atom is 0.255 e. The largest absolute Gasteiger partial charge is 0.378 e. The quantitative estimate of drug-likeness (QED) is 0.143. The molecule has 4 aromatic carbocycles. The number of nitrogens with zero attached hydrogens (tertiary/aromatic N) is 3. The van der Waals surface area contributed by atoms with E-state index < -0.39 is 0 Å². The van der Waals surface area contributed by atoms with Crippen molar-refractivity contribution in [2.24, 2.45) is 0 Å². The second-order valence-electron chi connectivity index (χ2n) is 11.3. The van der Waals surface area contributed by atoms with E-state index in [1.165, 1.54) is 0 Å². The second-order valence-corrected chi connectivity index (χ2v) is 11.3. The van der Waals surface area contributed by atoms with Crippen molar-refractivity contribution in [1.29, 1.82) is 0 Å². The highest BCUT2D eigenvalue weighted by molar-refractivity contribution is 6.09. The lowest BCUT2D eigenvalue weighted by atomic mass is 10.0. The van der Waals surface area contributed by atoms with Gasteiger partial charge in [-0.05, 0) is 100.0 Å². The van der Waals surface area contributed by atoms with Gasteiger partial charge in [0.25, 0.3) is 11.8 Å². The van der Waals surface area contributed by atoms with Gasteiger partial charge in [0.2, 0.25) is 0 Å². The maximum absolute atomic E-state index is 13.7. The number of amides is 2. The van der Waals surface area contributed by atoms with Crippen LogP contribution in [-0.2, 0) is 6.42 Å². The fourth-order valence-electron chi connectivity index (χ4n) is 5.44. The topological polar surface area (TPSA) is 85.0 Å². The number of benzene rings is 4. The van der Waals surface area contributed by atoms with Gasteiger partial charge < -0.3 is 25.3 Å². The average Bonchev–Trinajstić information content (AvgIpc) is 3.06. The van der Waals surface area contributed by atoms with Crippen LogP contribution >= 0.6 is 0 Å². The lowest BCUT2D eigenvalue weighted by Crippen LogP contribution is -2.22. The van der Waals surface area contributed by atoms with Crippen molar-refractivity contribution >= 4 is 46.0 Å². The molecule has 2 N–H and O–H groups in total. The standard InChI is InChI=1S/C38H45N5O3/c1-7-42(8-2)34-18-11-14-27(20-34)21-36(44)30-22-31(39-37(45)28-15-12-17-33(24-28)41(5)6)26-32(23-30)40-38(46)29-16-13-19-35(25-29)43(9-3)10-4/h11-20,22-26H,7-10,21H2,1-6H3,(H,39,45)(H,40,46). The molecule has 0 aliphatic heterocycles. The number of nitrogens with one attached hydrogen (secondary N) is 2. The Morgan fingerprint density at radius 3 is 1.50 bits per heavy atom. The minimum atomic E-state index is -0.315. The van der Waals surface area contributed by atoms with Gasteiger partial charge in [-0.15, -0.1) is 0 Å². The van der Waals surface area contributed by atoms with Crippen molar-refractivity contribution in [3.05, 3.63) is 113 Å². The molecule has 0 saturated carbocycles. The van der Waals surface area contributed by atoms with Gasteiger partial charge in [-0.1, -0.05) is 24.3 Å². The molecule has 0 aliphatic carbocycles. The average molecular weight is 620 g/mol.